The quantitative estimate of drug-likeness (QED) is 0.880. The van der Waals surface area contributed by atoms with Gasteiger partial charge in [-0.2, -0.15) is 0 Å². The van der Waals surface area contributed by atoms with Gasteiger partial charge < -0.3 is 9.88 Å². The Morgan fingerprint density at radius 1 is 1.27 bits per heavy atom. The second kappa shape index (κ2) is 6.46. The van der Waals surface area contributed by atoms with Gasteiger partial charge in [0, 0.05) is 49.4 Å². The van der Waals surface area contributed by atoms with Crippen molar-refractivity contribution < 1.29 is 9.59 Å². The van der Waals surface area contributed by atoms with Gasteiger partial charge in [-0.1, -0.05) is 6.07 Å². The number of thiophene rings is 1. The normalized spacial score (nSPS) is 16.0. The highest BCUT2D eigenvalue weighted by Crippen LogP contribution is 2.15. The van der Waals surface area contributed by atoms with E-state index in [9.17, 15) is 9.59 Å². The Morgan fingerprint density at radius 2 is 2.05 bits per heavy atom. The SMILES string of the molecule is CC(=O)c1c[nH]c(C(=O)N2CCN(Cc3cccs3)CC2)c1. The van der Waals surface area contributed by atoms with E-state index in [-0.39, 0.29) is 11.7 Å². The van der Waals surface area contributed by atoms with Crippen LogP contribution >= 0.6 is 11.3 Å². The van der Waals surface area contributed by atoms with Crippen LogP contribution in [0.5, 0.6) is 0 Å². The molecule has 2 aromatic heterocycles. The van der Waals surface area contributed by atoms with Crippen molar-refractivity contribution in [2.75, 3.05) is 26.2 Å². The zero-order chi connectivity index (χ0) is 15.5. The van der Waals surface area contributed by atoms with Gasteiger partial charge in [0.2, 0.25) is 0 Å². The number of hydrogen-bond donors (Lipinski definition) is 1. The molecule has 1 N–H and O–H groups in total. The van der Waals surface area contributed by atoms with Crippen molar-refractivity contribution in [1.29, 1.82) is 0 Å². The van der Waals surface area contributed by atoms with Gasteiger partial charge in [0.25, 0.3) is 5.91 Å². The van der Waals surface area contributed by atoms with E-state index < -0.39 is 0 Å². The Morgan fingerprint density at radius 3 is 2.64 bits per heavy atom. The van der Waals surface area contributed by atoms with E-state index in [0.29, 0.717) is 11.3 Å². The lowest BCUT2D eigenvalue weighted by Crippen LogP contribution is -2.48. The first kappa shape index (κ1) is 15.0. The van der Waals surface area contributed by atoms with E-state index in [1.165, 1.54) is 11.8 Å². The van der Waals surface area contributed by atoms with Crippen molar-refractivity contribution in [1.82, 2.24) is 14.8 Å². The van der Waals surface area contributed by atoms with Crippen LogP contribution in [0.1, 0.15) is 32.6 Å². The average molecular weight is 317 g/mol. The number of amides is 1. The summed E-state index contributed by atoms with van der Waals surface area (Å²) in [5.41, 5.74) is 1.05. The second-order valence-corrected chi connectivity index (χ2v) is 6.54. The molecule has 0 saturated carbocycles. The lowest BCUT2D eigenvalue weighted by molar-refractivity contribution is 0.0624. The number of Topliss-reactive ketones (excluding diaryl/α,β-unsaturated/α-hetero) is 1. The van der Waals surface area contributed by atoms with Crippen molar-refractivity contribution >= 4 is 23.0 Å². The first-order valence-electron chi connectivity index (χ1n) is 7.37. The van der Waals surface area contributed by atoms with Crippen LogP contribution in [0, 0.1) is 0 Å². The molecule has 0 aromatic carbocycles. The molecule has 1 fully saturated rings. The highest BCUT2D eigenvalue weighted by Gasteiger charge is 2.23. The molecular weight excluding hydrogens is 298 g/mol. The van der Waals surface area contributed by atoms with Gasteiger partial charge in [-0.15, -0.1) is 11.3 Å². The summed E-state index contributed by atoms with van der Waals surface area (Å²) >= 11 is 1.77. The molecular formula is C16H19N3O2S. The summed E-state index contributed by atoms with van der Waals surface area (Å²) in [6.45, 7) is 5.66. The Kier molecular flexibility index (Phi) is 4.40. The number of aromatic nitrogens is 1. The Bertz CT molecular complexity index is 655. The monoisotopic (exact) mass is 317 g/mol. The first-order valence-corrected chi connectivity index (χ1v) is 8.25. The van der Waals surface area contributed by atoms with Crippen molar-refractivity contribution in [3.8, 4) is 0 Å². The molecule has 1 aliphatic heterocycles. The zero-order valence-electron chi connectivity index (χ0n) is 12.5. The summed E-state index contributed by atoms with van der Waals surface area (Å²) < 4.78 is 0. The van der Waals surface area contributed by atoms with E-state index in [1.54, 1.807) is 23.6 Å². The summed E-state index contributed by atoms with van der Waals surface area (Å²) in [5.74, 6) is -0.0562. The number of hydrogen-bond acceptors (Lipinski definition) is 4. The molecule has 0 aliphatic carbocycles. The fourth-order valence-corrected chi connectivity index (χ4v) is 3.37. The summed E-state index contributed by atoms with van der Waals surface area (Å²) in [6.07, 6.45) is 1.60. The van der Waals surface area contributed by atoms with Crippen molar-refractivity contribution in [3.63, 3.8) is 0 Å². The molecule has 1 amide bonds. The maximum Gasteiger partial charge on any atom is 0.270 e. The van der Waals surface area contributed by atoms with Gasteiger partial charge in [-0.3, -0.25) is 14.5 Å². The zero-order valence-corrected chi connectivity index (χ0v) is 13.4. The van der Waals surface area contributed by atoms with Crippen LogP contribution in [0.4, 0.5) is 0 Å². The van der Waals surface area contributed by atoms with Crippen molar-refractivity contribution in [2.45, 2.75) is 13.5 Å². The third-order valence-electron chi connectivity index (χ3n) is 3.94. The second-order valence-electron chi connectivity index (χ2n) is 5.51. The summed E-state index contributed by atoms with van der Waals surface area (Å²) in [7, 11) is 0. The molecule has 0 atom stereocenters. The number of rotatable bonds is 4. The first-order chi connectivity index (χ1) is 10.6. The van der Waals surface area contributed by atoms with E-state index in [2.05, 4.69) is 27.4 Å². The minimum atomic E-state index is -0.0314. The number of piperazine rings is 1. The predicted octanol–water partition coefficient (Wildman–Crippen LogP) is 2.24. The lowest BCUT2D eigenvalue weighted by atomic mass is 10.2. The number of aromatic amines is 1. The van der Waals surface area contributed by atoms with Crippen LogP contribution in [-0.2, 0) is 6.54 Å². The maximum atomic E-state index is 12.4. The minimum absolute atomic E-state index is 0.0247. The molecule has 0 bridgehead atoms. The fraction of sp³-hybridized carbons (Fsp3) is 0.375. The van der Waals surface area contributed by atoms with Gasteiger partial charge >= 0.3 is 0 Å². The molecule has 116 valence electrons. The number of nitrogens with zero attached hydrogens (tertiary/aromatic N) is 2. The van der Waals surface area contributed by atoms with Crippen LogP contribution in [0.2, 0.25) is 0 Å². The van der Waals surface area contributed by atoms with Gasteiger partial charge in [-0.25, -0.2) is 0 Å². The summed E-state index contributed by atoms with van der Waals surface area (Å²) in [4.78, 5) is 32.2. The minimum Gasteiger partial charge on any atom is -0.356 e. The number of H-pyrrole nitrogens is 1. The van der Waals surface area contributed by atoms with Crippen LogP contribution in [-0.4, -0.2) is 52.7 Å². The van der Waals surface area contributed by atoms with Crippen LogP contribution < -0.4 is 0 Å². The van der Waals surface area contributed by atoms with Gasteiger partial charge in [-0.05, 0) is 24.4 Å². The summed E-state index contributed by atoms with van der Waals surface area (Å²) in [5, 5.41) is 2.09. The van der Waals surface area contributed by atoms with Crippen LogP contribution in [0.3, 0.4) is 0 Å². The number of carbonyl (C=O) groups is 2. The standard InChI is InChI=1S/C16H19N3O2S/c1-12(20)13-9-15(17-10-13)16(21)19-6-4-18(5-7-19)11-14-3-2-8-22-14/h2-3,8-10,17H,4-7,11H2,1H3. The van der Waals surface area contributed by atoms with E-state index in [1.807, 2.05) is 4.90 Å². The molecule has 3 rings (SSSR count). The van der Waals surface area contributed by atoms with Gasteiger partial charge in [0.15, 0.2) is 5.78 Å². The lowest BCUT2D eigenvalue weighted by Gasteiger charge is -2.34. The highest BCUT2D eigenvalue weighted by molar-refractivity contribution is 7.09. The number of carbonyl (C=O) groups excluding carboxylic acids is 2. The fourth-order valence-electron chi connectivity index (χ4n) is 2.62. The highest BCUT2D eigenvalue weighted by atomic mass is 32.1. The smallest absolute Gasteiger partial charge is 0.270 e. The van der Waals surface area contributed by atoms with Crippen LogP contribution in [0.15, 0.2) is 29.8 Å². The molecule has 0 spiro atoms. The largest absolute Gasteiger partial charge is 0.356 e. The summed E-state index contributed by atoms with van der Waals surface area (Å²) in [6, 6.07) is 5.85. The van der Waals surface area contributed by atoms with E-state index >= 15 is 0 Å². The Labute approximate surface area is 133 Å². The molecule has 1 saturated heterocycles. The number of nitrogens with one attached hydrogen (secondary N) is 1. The van der Waals surface area contributed by atoms with Crippen molar-refractivity contribution in [3.05, 3.63) is 45.9 Å². The van der Waals surface area contributed by atoms with Crippen molar-refractivity contribution in [2.24, 2.45) is 0 Å². The van der Waals surface area contributed by atoms with Gasteiger partial charge in [0.05, 0.1) is 0 Å². The molecule has 1 aliphatic rings. The predicted molar refractivity (Wildman–Crippen MR) is 86.3 cm³/mol. The molecule has 3 heterocycles. The van der Waals surface area contributed by atoms with Crippen LogP contribution in [0.25, 0.3) is 0 Å². The Balaban J connectivity index is 1.56. The maximum absolute atomic E-state index is 12.4. The third-order valence-corrected chi connectivity index (χ3v) is 4.80. The van der Waals surface area contributed by atoms with E-state index in [4.69, 9.17) is 0 Å². The average Bonchev–Trinajstić information content (AvgIpc) is 3.18. The molecule has 2 aromatic rings. The van der Waals surface area contributed by atoms with Gasteiger partial charge in [0.1, 0.15) is 5.69 Å². The topological polar surface area (TPSA) is 56.4 Å². The third kappa shape index (κ3) is 3.28. The number of ketones is 1. The Hall–Kier alpha value is -1.92. The molecule has 0 radical (unpaired) electrons. The van der Waals surface area contributed by atoms with E-state index in [0.717, 1.165) is 32.7 Å². The molecule has 22 heavy (non-hydrogen) atoms. The molecule has 5 nitrogen and oxygen atoms in total. The molecule has 6 heteroatoms. The molecule has 0 unspecified atom stereocenters.